The third kappa shape index (κ3) is 4.94. The van der Waals surface area contributed by atoms with E-state index in [-0.39, 0.29) is 12.1 Å². The summed E-state index contributed by atoms with van der Waals surface area (Å²) in [5.74, 6) is 0.920. The molecule has 0 N–H and O–H groups in total. The van der Waals surface area contributed by atoms with Crippen molar-refractivity contribution in [3.05, 3.63) is 71.5 Å². The minimum atomic E-state index is 0.0486. The summed E-state index contributed by atoms with van der Waals surface area (Å²) < 4.78 is 1.96. The molecule has 2 aromatic carbocycles. The van der Waals surface area contributed by atoms with Crippen LogP contribution in [0.15, 0.2) is 54.6 Å². The standard InChI is InChI=1S/C24H33N7/c1-19(2)31-24(25-26-27-31)23(21-10-12-22(13-11-21)28(3)4)30-16-14-29(15-17-30)18-20-8-6-5-7-9-20/h5-13,19,23H,14-18H2,1-4H3/t23-/m0/s1. The van der Waals surface area contributed by atoms with Gasteiger partial charge in [-0.15, -0.1) is 5.10 Å². The molecule has 1 aromatic heterocycles. The van der Waals surface area contributed by atoms with Gasteiger partial charge < -0.3 is 4.90 Å². The molecule has 3 aromatic rings. The van der Waals surface area contributed by atoms with E-state index in [1.807, 2.05) is 4.68 Å². The van der Waals surface area contributed by atoms with E-state index in [9.17, 15) is 0 Å². The van der Waals surface area contributed by atoms with Crippen LogP contribution in [0, 0.1) is 0 Å². The van der Waals surface area contributed by atoms with E-state index in [2.05, 4.69) is 113 Å². The molecule has 0 radical (unpaired) electrons. The lowest BCUT2D eigenvalue weighted by atomic mass is 10.0. The van der Waals surface area contributed by atoms with Gasteiger partial charge in [0.25, 0.3) is 0 Å². The highest BCUT2D eigenvalue weighted by Crippen LogP contribution is 2.30. The molecule has 0 aliphatic carbocycles. The predicted octanol–water partition coefficient (Wildman–Crippen LogP) is 3.23. The number of aromatic nitrogens is 4. The Morgan fingerprint density at radius 1 is 0.903 bits per heavy atom. The van der Waals surface area contributed by atoms with Crippen molar-refractivity contribution in [2.45, 2.75) is 32.5 Å². The first kappa shape index (κ1) is 21.5. The van der Waals surface area contributed by atoms with Crippen molar-refractivity contribution in [1.82, 2.24) is 30.0 Å². The molecule has 2 heterocycles. The number of anilines is 1. The lowest BCUT2D eigenvalue weighted by Gasteiger charge is -2.39. The lowest BCUT2D eigenvalue weighted by molar-refractivity contribution is 0.0996. The Labute approximate surface area is 185 Å². The molecule has 1 atom stereocenters. The number of rotatable bonds is 7. The van der Waals surface area contributed by atoms with E-state index in [1.165, 1.54) is 16.8 Å². The minimum Gasteiger partial charge on any atom is -0.378 e. The highest BCUT2D eigenvalue weighted by atomic mass is 15.6. The van der Waals surface area contributed by atoms with E-state index in [0.29, 0.717) is 0 Å². The van der Waals surface area contributed by atoms with Crippen molar-refractivity contribution < 1.29 is 0 Å². The molecule has 1 fully saturated rings. The number of hydrogen-bond donors (Lipinski definition) is 0. The van der Waals surface area contributed by atoms with Gasteiger partial charge in [0.05, 0.1) is 12.1 Å². The second-order valence-corrected chi connectivity index (χ2v) is 8.76. The molecule has 1 aliphatic heterocycles. The van der Waals surface area contributed by atoms with Gasteiger partial charge in [-0.25, -0.2) is 4.68 Å². The Bertz CT molecular complexity index is 942. The van der Waals surface area contributed by atoms with Gasteiger partial charge in [0, 0.05) is 52.5 Å². The van der Waals surface area contributed by atoms with E-state index < -0.39 is 0 Å². The Hall–Kier alpha value is -2.77. The van der Waals surface area contributed by atoms with Crippen LogP contribution >= 0.6 is 0 Å². The average molecular weight is 420 g/mol. The summed E-state index contributed by atoms with van der Waals surface area (Å²) in [5, 5.41) is 12.8. The highest BCUT2D eigenvalue weighted by Gasteiger charge is 2.31. The third-order valence-electron chi connectivity index (χ3n) is 6.00. The minimum absolute atomic E-state index is 0.0486. The molecule has 4 rings (SSSR count). The summed E-state index contributed by atoms with van der Waals surface area (Å²) in [6, 6.07) is 19.8. The Morgan fingerprint density at radius 3 is 2.19 bits per heavy atom. The highest BCUT2D eigenvalue weighted by molar-refractivity contribution is 5.47. The maximum Gasteiger partial charge on any atom is 0.173 e. The fourth-order valence-electron chi connectivity index (χ4n) is 4.25. The van der Waals surface area contributed by atoms with Crippen LogP contribution in [0.4, 0.5) is 5.69 Å². The monoisotopic (exact) mass is 419 g/mol. The maximum absolute atomic E-state index is 4.47. The van der Waals surface area contributed by atoms with Crippen LogP contribution in [0.25, 0.3) is 0 Å². The van der Waals surface area contributed by atoms with Crippen molar-refractivity contribution in [1.29, 1.82) is 0 Å². The van der Waals surface area contributed by atoms with Gasteiger partial charge in [0.2, 0.25) is 0 Å². The van der Waals surface area contributed by atoms with Crippen molar-refractivity contribution in [3.63, 3.8) is 0 Å². The topological polar surface area (TPSA) is 53.3 Å². The van der Waals surface area contributed by atoms with Crippen molar-refractivity contribution >= 4 is 5.69 Å². The van der Waals surface area contributed by atoms with Crippen LogP contribution < -0.4 is 4.90 Å². The molecule has 0 bridgehead atoms. The van der Waals surface area contributed by atoms with Crippen molar-refractivity contribution in [3.8, 4) is 0 Å². The molecule has 0 amide bonds. The summed E-state index contributed by atoms with van der Waals surface area (Å²) >= 11 is 0. The molecular weight excluding hydrogens is 386 g/mol. The van der Waals surface area contributed by atoms with Crippen molar-refractivity contribution in [2.75, 3.05) is 45.2 Å². The molecule has 7 nitrogen and oxygen atoms in total. The quantitative estimate of drug-likeness (QED) is 0.586. The fourth-order valence-corrected chi connectivity index (χ4v) is 4.25. The predicted molar refractivity (Wildman–Crippen MR) is 124 cm³/mol. The summed E-state index contributed by atoms with van der Waals surface area (Å²) in [4.78, 5) is 7.18. The van der Waals surface area contributed by atoms with Gasteiger partial charge in [-0.3, -0.25) is 9.80 Å². The first-order valence-corrected chi connectivity index (χ1v) is 11.1. The lowest BCUT2D eigenvalue weighted by Crippen LogP contribution is -2.48. The molecule has 0 unspecified atom stereocenters. The number of nitrogens with zero attached hydrogens (tertiary/aromatic N) is 7. The van der Waals surface area contributed by atoms with E-state index >= 15 is 0 Å². The van der Waals surface area contributed by atoms with Gasteiger partial charge in [-0.1, -0.05) is 42.5 Å². The van der Waals surface area contributed by atoms with Gasteiger partial charge in [0.15, 0.2) is 5.82 Å². The van der Waals surface area contributed by atoms with Crippen LogP contribution in [0.3, 0.4) is 0 Å². The Balaban J connectivity index is 1.56. The zero-order chi connectivity index (χ0) is 21.8. The van der Waals surface area contributed by atoms with Crippen LogP contribution in [0.1, 0.15) is 42.9 Å². The molecule has 164 valence electrons. The molecule has 31 heavy (non-hydrogen) atoms. The van der Waals surface area contributed by atoms with Crippen LogP contribution in [-0.4, -0.2) is 70.3 Å². The summed E-state index contributed by atoms with van der Waals surface area (Å²) in [7, 11) is 4.13. The van der Waals surface area contributed by atoms with Crippen molar-refractivity contribution in [2.24, 2.45) is 0 Å². The summed E-state index contributed by atoms with van der Waals surface area (Å²) in [5.41, 5.74) is 3.80. The Morgan fingerprint density at radius 2 is 1.58 bits per heavy atom. The van der Waals surface area contributed by atoms with E-state index in [1.54, 1.807) is 0 Å². The average Bonchev–Trinajstić information content (AvgIpc) is 3.26. The smallest absolute Gasteiger partial charge is 0.173 e. The molecule has 1 saturated heterocycles. The normalized spacial score (nSPS) is 16.5. The SMILES string of the molecule is CC(C)n1nnnc1[C@H](c1ccc(N(C)C)cc1)N1CCN(Cc2ccccc2)CC1. The van der Waals surface area contributed by atoms with Gasteiger partial charge >= 0.3 is 0 Å². The van der Waals surface area contributed by atoms with E-state index in [4.69, 9.17) is 0 Å². The van der Waals surface area contributed by atoms with Gasteiger partial charge in [0.1, 0.15) is 0 Å². The van der Waals surface area contributed by atoms with Crippen LogP contribution in [-0.2, 0) is 6.54 Å². The number of hydrogen-bond acceptors (Lipinski definition) is 6. The Kier molecular flexibility index (Phi) is 6.63. The second kappa shape index (κ2) is 9.58. The number of piperazine rings is 1. The summed E-state index contributed by atoms with van der Waals surface area (Å²) in [6.45, 7) is 9.29. The first-order chi connectivity index (χ1) is 15.0. The maximum atomic E-state index is 4.47. The number of benzene rings is 2. The fraction of sp³-hybridized carbons (Fsp3) is 0.458. The van der Waals surface area contributed by atoms with E-state index in [0.717, 1.165) is 38.5 Å². The molecule has 0 saturated carbocycles. The molecule has 0 spiro atoms. The third-order valence-corrected chi connectivity index (χ3v) is 6.00. The molecule has 7 heteroatoms. The first-order valence-electron chi connectivity index (χ1n) is 11.1. The van der Waals surface area contributed by atoms with Gasteiger partial charge in [-0.2, -0.15) is 0 Å². The molecular formula is C24H33N7. The zero-order valence-corrected chi connectivity index (χ0v) is 19.0. The molecule has 1 aliphatic rings. The number of tetrazole rings is 1. The second-order valence-electron chi connectivity index (χ2n) is 8.76. The van der Waals surface area contributed by atoms with Crippen LogP contribution in [0.2, 0.25) is 0 Å². The summed E-state index contributed by atoms with van der Waals surface area (Å²) in [6.07, 6.45) is 0. The van der Waals surface area contributed by atoms with Gasteiger partial charge in [-0.05, 0) is 47.5 Å². The van der Waals surface area contributed by atoms with Crippen LogP contribution in [0.5, 0.6) is 0 Å². The zero-order valence-electron chi connectivity index (χ0n) is 19.0. The largest absolute Gasteiger partial charge is 0.378 e.